The Labute approximate surface area is 172 Å². The molecular formula is C20H22N4O2S2. The molecule has 8 heteroatoms. The van der Waals surface area contributed by atoms with Gasteiger partial charge in [-0.3, -0.25) is 14.5 Å². The van der Waals surface area contributed by atoms with Crippen LogP contribution in [0, 0.1) is 4.77 Å². The SMILES string of the molecule is C[C@@H](C(=O)Nc1ccc(OC2CCCC2)cc1)n1c(-c2cccs2)n[nH]c1=S. The first kappa shape index (κ1) is 18.9. The number of carbonyl (C=O) groups excluding carboxylic acids is 1. The molecule has 1 amide bonds. The maximum atomic E-state index is 12.8. The number of thiophene rings is 1. The molecule has 0 aliphatic heterocycles. The lowest BCUT2D eigenvalue weighted by Crippen LogP contribution is -2.24. The number of carbonyl (C=O) groups is 1. The van der Waals surface area contributed by atoms with Crippen molar-refractivity contribution in [1.29, 1.82) is 0 Å². The van der Waals surface area contributed by atoms with E-state index < -0.39 is 6.04 Å². The largest absolute Gasteiger partial charge is 0.490 e. The summed E-state index contributed by atoms with van der Waals surface area (Å²) in [6.07, 6.45) is 5.03. The van der Waals surface area contributed by atoms with Gasteiger partial charge in [0.1, 0.15) is 11.8 Å². The van der Waals surface area contributed by atoms with Crippen LogP contribution in [-0.2, 0) is 4.79 Å². The van der Waals surface area contributed by atoms with Crippen molar-refractivity contribution in [3.05, 3.63) is 46.5 Å². The number of hydrogen-bond acceptors (Lipinski definition) is 5. The summed E-state index contributed by atoms with van der Waals surface area (Å²) in [6, 6.07) is 10.9. The number of amides is 1. The van der Waals surface area contributed by atoms with Gasteiger partial charge in [0.15, 0.2) is 10.6 Å². The van der Waals surface area contributed by atoms with E-state index in [1.54, 1.807) is 15.9 Å². The van der Waals surface area contributed by atoms with Crippen LogP contribution in [0.3, 0.4) is 0 Å². The van der Waals surface area contributed by atoms with Gasteiger partial charge in [-0.15, -0.1) is 11.3 Å². The van der Waals surface area contributed by atoms with E-state index >= 15 is 0 Å². The molecule has 1 aliphatic carbocycles. The van der Waals surface area contributed by atoms with Crippen molar-refractivity contribution in [2.75, 3.05) is 5.32 Å². The van der Waals surface area contributed by atoms with Gasteiger partial charge in [-0.2, -0.15) is 5.10 Å². The highest BCUT2D eigenvalue weighted by molar-refractivity contribution is 7.71. The molecule has 4 rings (SSSR count). The second-order valence-corrected chi connectivity index (χ2v) is 8.25. The Morgan fingerprint density at radius 1 is 1.32 bits per heavy atom. The standard InChI is InChI=1S/C20H22N4O2S2/c1-13(24-18(22-23-20(24)27)17-7-4-12-28-17)19(25)21-14-8-10-16(11-9-14)26-15-5-2-3-6-15/h4,7-13,15H,2-3,5-6H2,1H3,(H,21,25)(H,23,27)/t13-/m0/s1. The third-order valence-electron chi connectivity index (χ3n) is 4.94. The molecular weight excluding hydrogens is 392 g/mol. The Kier molecular flexibility index (Phi) is 5.59. The average Bonchev–Trinajstić information content (AvgIpc) is 3.44. The molecule has 2 aromatic heterocycles. The van der Waals surface area contributed by atoms with Crippen molar-refractivity contribution in [1.82, 2.24) is 14.8 Å². The minimum Gasteiger partial charge on any atom is -0.490 e. The van der Waals surface area contributed by atoms with Gasteiger partial charge < -0.3 is 10.1 Å². The third kappa shape index (κ3) is 4.02. The minimum atomic E-state index is -0.502. The molecule has 0 saturated heterocycles. The Bertz CT molecular complexity index is 986. The molecule has 28 heavy (non-hydrogen) atoms. The van der Waals surface area contributed by atoms with Crippen LogP contribution in [0.5, 0.6) is 5.75 Å². The summed E-state index contributed by atoms with van der Waals surface area (Å²) in [6.45, 7) is 1.81. The van der Waals surface area contributed by atoms with Crippen molar-refractivity contribution in [3.8, 4) is 16.5 Å². The summed E-state index contributed by atoms with van der Waals surface area (Å²) in [5, 5.41) is 12.0. The molecule has 2 N–H and O–H groups in total. The van der Waals surface area contributed by atoms with Crippen molar-refractivity contribution >= 4 is 35.1 Å². The summed E-state index contributed by atoms with van der Waals surface area (Å²) >= 11 is 6.90. The first-order valence-corrected chi connectivity index (χ1v) is 10.7. The van der Waals surface area contributed by atoms with Gasteiger partial charge in [0.2, 0.25) is 5.91 Å². The van der Waals surface area contributed by atoms with Gasteiger partial charge in [0.25, 0.3) is 0 Å². The van der Waals surface area contributed by atoms with Crippen molar-refractivity contribution in [2.45, 2.75) is 44.8 Å². The highest BCUT2D eigenvalue weighted by Crippen LogP contribution is 2.27. The quantitative estimate of drug-likeness (QED) is 0.545. The van der Waals surface area contributed by atoms with E-state index in [-0.39, 0.29) is 5.91 Å². The molecule has 1 atom stereocenters. The van der Waals surface area contributed by atoms with E-state index in [0.717, 1.165) is 29.2 Å². The van der Waals surface area contributed by atoms with E-state index in [1.807, 2.05) is 48.7 Å². The zero-order valence-electron chi connectivity index (χ0n) is 15.6. The van der Waals surface area contributed by atoms with Gasteiger partial charge >= 0.3 is 0 Å². The van der Waals surface area contributed by atoms with Crippen LogP contribution in [0.2, 0.25) is 0 Å². The Hall–Kier alpha value is -2.45. The number of nitrogens with zero attached hydrogens (tertiary/aromatic N) is 2. The molecule has 146 valence electrons. The molecule has 1 fully saturated rings. The Morgan fingerprint density at radius 3 is 2.75 bits per heavy atom. The van der Waals surface area contributed by atoms with Crippen LogP contribution in [-0.4, -0.2) is 26.8 Å². The van der Waals surface area contributed by atoms with E-state index in [0.29, 0.717) is 16.7 Å². The Morgan fingerprint density at radius 2 is 2.07 bits per heavy atom. The van der Waals surface area contributed by atoms with Gasteiger partial charge in [-0.05, 0) is 80.5 Å². The van der Waals surface area contributed by atoms with Gasteiger partial charge in [0, 0.05) is 5.69 Å². The molecule has 0 unspecified atom stereocenters. The van der Waals surface area contributed by atoms with E-state index in [9.17, 15) is 4.79 Å². The predicted octanol–water partition coefficient (Wildman–Crippen LogP) is 5.19. The van der Waals surface area contributed by atoms with E-state index in [2.05, 4.69) is 15.5 Å². The highest BCUT2D eigenvalue weighted by Gasteiger charge is 2.21. The number of aromatic nitrogens is 3. The molecule has 2 heterocycles. The maximum absolute atomic E-state index is 12.8. The summed E-state index contributed by atoms with van der Waals surface area (Å²) in [5.41, 5.74) is 0.725. The average molecular weight is 415 g/mol. The van der Waals surface area contributed by atoms with Gasteiger partial charge in [-0.25, -0.2) is 0 Å². The molecule has 3 aromatic rings. The number of rotatable bonds is 6. The maximum Gasteiger partial charge on any atom is 0.247 e. The smallest absolute Gasteiger partial charge is 0.247 e. The van der Waals surface area contributed by atoms with Gasteiger partial charge in [0.05, 0.1) is 11.0 Å². The second-order valence-electron chi connectivity index (χ2n) is 6.91. The van der Waals surface area contributed by atoms with Crippen LogP contribution in [0.4, 0.5) is 5.69 Å². The molecule has 0 spiro atoms. The van der Waals surface area contributed by atoms with Crippen LogP contribution in [0.25, 0.3) is 10.7 Å². The third-order valence-corrected chi connectivity index (χ3v) is 6.09. The van der Waals surface area contributed by atoms with Crippen LogP contribution < -0.4 is 10.1 Å². The number of aromatic amines is 1. The van der Waals surface area contributed by atoms with Gasteiger partial charge in [-0.1, -0.05) is 6.07 Å². The molecule has 1 saturated carbocycles. The summed E-state index contributed by atoms with van der Waals surface area (Å²) in [7, 11) is 0. The number of hydrogen-bond donors (Lipinski definition) is 2. The monoisotopic (exact) mass is 414 g/mol. The van der Waals surface area contributed by atoms with Crippen molar-refractivity contribution < 1.29 is 9.53 Å². The molecule has 0 radical (unpaired) electrons. The fraction of sp³-hybridized carbons (Fsp3) is 0.350. The molecule has 1 aliphatic rings. The second kappa shape index (κ2) is 8.28. The summed E-state index contributed by atoms with van der Waals surface area (Å²) in [4.78, 5) is 13.8. The minimum absolute atomic E-state index is 0.153. The van der Waals surface area contributed by atoms with E-state index in [4.69, 9.17) is 17.0 Å². The lowest BCUT2D eigenvalue weighted by atomic mass is 10.2. The zero-order valence-corrected chi connectivity index (χ0v) is 17.2. The number of benzene rings is 1. The van der Waals surface area contributed by atoms with Crippen LogP contribution in [0.15, 0.2) is 41.8 Å². The number of anilines is 1. The predicted molar refractivity (Wildman–Crippen MR) is 113 cm³/mol. The number of nitrogens with one attached hydrogen (secondary N) is 2. The normalized spacial score (nSPS) is 15.5. The summed E-state index contributed by atoms with van der Waals surface area (Å²) in [5.74, 6) is 1.36. The first-order chi connectivity index (χ1) is 13.6. The van der Waals surface area contributed by atoms with Crippen molar-refractivity contribution in [2.24, 2.45) is 0 Å². The number of H-pyrrole nitrogens is 1. The Balaban J connectivity index is 1.45. The first-order valence-electron chi connectivity index (χ1n) is 9.40. The topological polar surface area (TPSA) is 71.9 Å². The number of ether oxygens (including phenoxy) is 1. The van der Waals surface area contributed by atoms with E-state index in [1.165, 1.54) is 12.8 Å². The zero-order chi connectivity index (χ0) is 19.5. The lowest BCUT2D eigenvalue weighted by Gasteiger charge is -2.16. The fourth-order valence-corrected chi connectivity index (χ4v) is 4.42. The van der Waals surface area contributed by atoms with Crippen molar-refractivity contribution in [3.63, 3.8) is 0 Å². The van der Waals surface area contributed by atoms with Crippen LogP contribution in [0.1, 0.15) is 38.6 Å². The molecule has 6 nitrogen and oxygen atoms in total. The molecule has 1 aromatic carbocycles. The highest BCUT2D eigenvalue weighted by atomic mass is 32.1. The summed E-state index contributed by atoms with van der Waals surface area (Å²) < 4.78 is 8.14. The fourth-order valence-electron chi connectivity index (χ4n) is 3.42. The molecule has 0 bridgehead atoms. The lowest BCUT2D eigenvalue weighted by molar-refractivity contribution is -0.118. The van der Waals surface area contributed by atoms with Crippen LogP contribution >= 0.6 is 23.6 Å².